The van der Waals surface area contributed by atoms with Crippen molar-refractivity contribution in [2.45, 2.75) is 58.5 Å². The molecule has 0 N–H and O–H groups in total. The summed E-state index contributed by atoms with van der Waals surface area (Å²) in [6.45, 7) is 6.75. The Bertz CT molecular complexity index is 1430. The number of pyridine rings is 1. The predicted molar refractivity (Wildman–Crippen MR) is 138 cm³/mol. The van der Waals surface area contributed by atoms with E-state index in [2.05, 4.69) is 20.6 Å². The average molecular weight is 469 g/mol. The van der Waals surface area contributed by atoms with E-state index in [1.165, 1.54) is 31.4 Å². The fourth-order valence-corrected chi connectivity index (χ4v) is 5.57. The van der Waals surface area contributed by atoms with Gasteiger partial charge in [-0.2, -0.15) is 5.10 Å². The number of aromatic nitrogens is 5. The number of hydrogen-bond acceptors (Lipinski definition) is 5. The molecule has 0 unspecified atom stereocenters. The smallest absolute Gasteiger partial charge is 0.261 e. The molecule has 0 spiro atoms. The highest BCUT2D eigenvalue weighted by Crippen LogP contribution is 2.37. The molecule has 0 radical (unpaired) electrons. The second-order valence-electron chi connectivity index (χ2n) is 9.89. The van der Waals surface area contributed by atoms with E-state index in [1.54, 1.807) is 10.9 Å². The molecule has 7 heteroatoms. The fraction of sp³-hybridized carbons (Fsp3) is 0.429. The third kappa shape index (κ3) is 4.29. The van der Waals surface area contributed by atoms with Crippen LogP contribution in [0.5, 0.6) is 0 Å². The maximum Gasteiger partial charge on any atom is 0.261 e. The molecule has 2 aliphatic rings. The molecule has 0 atom stereocenters. The van der Waals surface area contributed by atoms with Gasteiger partial charge in [0.15, 0.2) is 0 Å². The summed E-state index contributed by atoms with van der Waals surface area (Å²) in [5.74, 6) is 0. The lowest BCUT2D eigenvalue weighted by Crippen LogP contribution is -2.31. The number of hydrogen-bond donors (Lipinski definition) is 0. The Hall–Kier alpha value is -3.32. The summed E-state index contributed by atoms with van der Waals surface area (Å²) in [6.07, 6.45) is 8.92. The zero-order chi connectivity index (χ0) is 23.8. The second kappa shape index (κ2) is 9.38. The number of fused-ring (bicyclic) bond motifs is 2. The van der Waals surface area contributed by atoms with Crippen molar-refractivity contribution in [2.24, 2.45) is 0 Å². The Kier molecular flexibility index (Phi) is 5.94. The van der Waals surface area contributed by atoms with E-state index >= 15 is 0 Å². The lowest BCUT2D eigenvalue weighted by Gasteiger charge is -2.20. The molecule has 7 nitrogen and oxygen atoms in total. The Morgan fingerprint density at radius 1 is 0.943 bits per heavy atom. The van der Waals surface area contributed by atoms with Gasteiger partial charge in [0.1, 0.15) is 5.69 Å². The summed E-state index contributed by atoms with van der Waals surface area (Å²) in [5.41, 5.74) is 6.86. The van der Waals surface area contributed by atoms with Crippen LogP contribution in [-0.2, 0) is 19.5 Å². The van der Waals surface area contributed by atoms with Gasteiger partial charge in [-0.05, 0) is 75.5 Å². The molecule has 0 amide bonds. The maximum absolute atomic E-state index is 13.5. The lowest BCUT2D eigenvalue weighted by molar-refractivity contribution is 0.272. The first-order chi connectivity index (χ1) is 17.2. The summed E-state index contributed by atoms with van der Waals surface area (Å²) in [7, 11) is 0. The van der Waals surface area contributed by atoms with Gasteiger partial charge in [0.2, 0.25) is 0 Å². The molecule has 180 valence electrons. The second-order valence-corrected chi connectivity index (χ2v) is 9.89. The van der Waals surface area contributed by atoms with Gasteiger partial charge in [-0.1, -0.05) is 25.0 Å². The normalized spacial score (nSPS) is 16.5. The number of benzene rings is 1. The molecule has 35 heavy (non-hydrogen) atoms. The number of rotatable bonds is 5. The largest absolute Gasteiger partial charge is 0.302 e. The van der Waals surface area contributed by atoms with E-state index < -0.39 is 0 Å². The van der Waals surface area contributed by atoms with Crippen LogP contribution in [0.3, 0.4) is 0 Å². The highest BCUT2D eigenvalue weighted by molar-refractivity contribution is 5.88. The van der Waals surface area contributed by atoms with Crippen LogP contribution in [0.15, 0.2) is 47.5 Å². The molecule has 5 heterocycles. The lowest BCUT2D eigenvalue weighted by atomic mass is 9.98. The monoisotopic (exact) mass is 468 g/mol. The molecule has 1 aromatic carbocycles. The third-order valence-electron chi connectivity index (χ3n) is 7.44. The Morgan fingerprint density at radius 3 is 2.63 bits per heavy atom. The molecule has 6 rings (SSSR count). The first-order valence-corrected chi connectivity index (χ1v) is 12.9. The van der Waals surface area contributed by atoms with Gasteiger partial charge in [-0.25, -0.2) is 4.98 Å². The molecule has 0 aliphatic carbocycles. The van der Waals surface area contributed by atoms with E-state index in [-0.39, 0.29) is 5.56 Å². The van der Waals surface area contributed by atoms with Gasteiger partial charge in [-0.3, -0.25) is 19.0 Å². The van der Waals surface area contributed by atoms with Crippen LogP contribution >= 0.6 is 0 Å². The van der Waals surface area contributed by atoms with Crippen molar-refractivity contribution in [1.82, 2.24) is 29.2 Å². The SMILES string of the molecule is Cc1cccc(-c2nn3c(c2-c2ccc4ncn(CCN5CCCCCC5)c(=O)c4c2)CCC3)n1. The first kappa shape index (κ1) is 22.2. The quantitative estimate of drug-likeness (QED) is 0.433. The standard InChI is InChI=1S/C28H32N6O/c1-20-8-6-9-24(30-20)27-26(25-10-7-15-34(25)31-27)21-11-12-23-22(18-21)28(35)33(19-29-23)17-16-32-13-4-2-3-5-14-32/h6,8-9,11-12,18-19H,2-5,7,10,13-17H2,1H3. The van der Waals surface area contributed by atoms with Crippen molar-refractivity contribution >= 4 is 10.9 Å². The molecule has 3 aromatic heterocycles. The number of likely N-dealkylation sites (tertiary alicyclic amines) is 1. The minimum atomic E-state index is 0.0331. The topological polar surface area (TPSA) is 68.8 Å². The minimum absolute atomic E-state index is 0.0331. The molecular formula is C28H32N6O. The van der Waals surface area contributed by atoms with Crippen LogP contribution in [0.4, 0.5) is 0 Å². The zero-order valence-corrected chi connectivity index (χ0v) is 20.4. The van der Waals surface area contributed by atoms with Crippen molar-refractivity contribution < 1.29 is 0 Å². The molecule has 0 saturated carbocycles. The summed E-state index contributed by atoms with van der Waals surface area (Å²) >= 11 is 0. The van der Waals surface area contributed by atoms with Gasteiger partial charge in [-0.15, -0.1) is 0 Å². The van der Waals surface area contributed by atoms with Gasteiger partial charge >= 0.3 is 0 Å². The number of nitrogens with zero attached hydrogens (tertiary/aromatic N) is 6. The minimum Gasteiger partial charge on any atom is -0.302 e. The summed E-state index contributed by atoms with van der Waals surface area (Å²) in [6, 6.07) is 12.1. The average Bonchev–Trinajstić information content (AvgIpc) is 3.36. The summed E-state index contributed by atoms with van der Waals surface area (Å²) < 4.78 is 3.89. The molecule has 2 aliphatic heterocycles. The summed E-state index contributed by atoms with van der Waals surface area (Å²) in [4.78, 5) is 25.4. The van der Waals surface area contributed by atoms with Crippen LogP contribution in [0.25, 0.3) is 33.4 Å². The number of aryl methyl sites for hydroxylation is 2. The van der Waals surface area contributed by atoms with Gasteiger partial charge < -0.3 is 4.90 Å². The van der Waals surface area contributed by atoms with E-state index in [4.69, 9.17) is 10.1 Å². The van der Waals surface area contributed by atoms with E-state index in [0.29, 0.717) is 11.9 Å². The molecule has 1 fully saturated rings. The van der Waals surface area contributed by atoms with Gasteiger partial charge in [0.05, 0.1) is 22.9 Å². The molecule has 0 bridgehead atoms. The summed E-state index contributed by atoms with van der Waals surface area (Å²) in [5, 5.41) is 5.61. The van der Waals surface area contributed by atoms with Crippen LogP contribution in [0.1, 0.15) is 43.5 Å². The predicted octanol–water partition coefficient (Wildman–Crippen LogP) is 4.45. The van der Waals surface area contributed by atoms with E-state index in [0.717, 1.165) is 72.7 Å². The van der Waals surface area contributed by atoms with E-state index in [1.807, 2.05) is 37.3 Å². The Balaban J connectivity index is 1.39. The third-order valence-corrected chi connectivity index (χ3v) is 7.44. The highest BCUT2D eigenvalue weighted by atomic mass is 16.1. The first-order valence-electron chi connectivity index (χ1n) is 12.9. The van der Waals surface area contributed by atoms with E-state index in [9.17, 15) is 4.79 Å². The maximum atomic E-state index is 13.5. The highest BCUT2D eigenvalue weighted by Gasteiger charge is 2.25. The Morgan fingerprint density at radius 2 is 1.80 bits per heavy atom. The van der Waals surface area contributed by atoms with Crippen LogP contribution in [-0.4, -0.2) is 48.8 Å². The van der Waals surface area contributed by atoms with Gasteiger partial charge in [0.25, 0.3) is 5.56 Å². The van der Waals surface area contributed by atoms with Crippen molar-refractivity contribution in [2.75, 3.05) is 19.6 Å². The fourth-order valence-electron chi connectivity index (χ4n) is 5.57. The molecular weight excluding hydrogens is 436 g/mol. The molecule has 1 saturated heterocycles. The van der Waals surface area contributed by atoms with Crippen molar-refractivity contribution in [3.05, 3.63) is 64.5 Å². The van der Waals surface area contributed by atoms with Crippen LogP contribution < -0.4 is 5.56 Å². The van der Waals surface area contributed by atoms with Gasteiger partial charge in [0, 0.05) is 36.6 Å². The van der Waals surface area contributed by atoms with Crippen LogP contribution in [0, 0.1) is 6.92 Å². The van der Waals surface area contributed by atoms with Crippen LogP contribution in [0.2, 0.25) is 0 Å². The Labute approximate surface area is 205 Å². The molecule has 4 aromatic rings. The van der Waals surface area contributed by atoms with Crippen molar-refractivity contribution in [1.29, 1.82) is 0 Å². The zero-order valence-electron chi connectivity index (χ0n) is 20.4. The van der Waals surface area contributed by atoms with Crippen molar-refractivity contribution in [3.8, 4) is 22.5 Å². The van der Waals surface area contributed by atoms with Crippen molar-refractivity contribution in [3.63, 3.8) is 0 Å².